The Morgan fingerprint density at radius 1 is 1.22 bits per heavy atom. The van der Waals surface area contributed by atoms with E-state index in [1.807, 2.05) is 0 Å². The van der Waals surface area contributed by atoms with Crippen LogP contribution in [0.15, 0.2) is 12.2 Å². The molecule has 0 nitrogen and oxygen atoms in total. The van der Waals surface area contributed by atoms with Crippen LogP contribution in [0.25, 0.3) is 0 Å². The molecule has 9 heavy (non-hydrogen) atoms. The van der Waals surface area contributed by atoms with Crippen LogP contribution in [0, 0.1) is 5.41 Å². The quantitative estimate of drug-likeness (QED) is 0.497. The van der Waals surface area contributed by atoms with E-state index in [1.54, 1.807) is 0 Å². The van der Waals surface area contributed by atoms with Gasteiger partial charge in [-0.05, 0) is 25.2 Å². The molecule has 0 aromatic heterocycles. The second-order valence-corrected chi connectivity index (χ2v) is 3.67. The van der Waals surface area contributed by atoms with Gasteiger partial charge in [-0.2, -0.15) is 0 Å². The van der Waals surface area contributed by atoms with Crippen LogP contribution in [0.2, 0.25) is 0 Å². The topological polar surface area (TPSA) is 0 Å². The van der Waals surface area contributed by atoms with Crippen LogP contribution >= 0.6 is 0 Å². The Balaban J connectivity index is 3.28. The maximum Gasteiger partial charge on any atom is -0.0346 e. The molecule has 0 heterocycles. The summed E-state index contributed by atoms with van der Waals surface area (Å²) < 4.78 is 0. The van der Waals surface area contributed by atoms with Crippen molar-refractivity contribution in [3.05, 3.63) is 12.2 Å². The maximum atomic E-state index is 2.27. The number of hydrogen-bond acceptors (Lipinski definition) is 0. The average molecular weight is 126 g/mol. The first-order valence-electron chi connectivity index (χ1n) is 3.67. The van der Waals surface area contributed by atoms with Gasteiger partial charge < -0.3 is 0 Å². The molecule has 0 radical (unpaired) electrons. The van der Waals surface area contributed by atoms with Gasteiger partial charge in [-0.25, -0.2) is 0 Å². The van der Waals surface area contributed by atoms with Crippen molar-refractivity contribution in [1.82, 2.24) is 0 Å². The van der Waals surface area contributed by atoms with Crippen molar-refractivity contribution in [3.8, 4) is 0 Å². The van der Waals surface area contributed by atoms with Crippen molar-refractivity contribution < 1.29 is 0 Å². The van der Waals surface area contributed by atoms with Gasteiger partial charge in [0, 0.05) is 0 Å². The van der Waals surface area contributed by atoms with Crippen LogP contribution in [-0.2, 0) is 0 Å². The molecule has 0 saturated carbocycles. The lowest BCUT2D eigenvalue weighted by Gasteiger charge is -2.15. The smallest absolute Gasteiger partial charge is 0.0346 e. The first-order chi connectivity index (χ1) is 4.06. The lowest BCUT2D eigenvalue weighted by molar-refractivity contribution is 0.381. The Labute approximate surface area is 59.0 Å². The third-order valence-corrected chi connectivity index (χ3v) is 1.30. The molecule has 0 aromatic rings. The zero-order valence-corrected chi connectivity index (χ0v) is 7.07. The molecule has 0 atom stereocenters. The predicted octanol–water partition coefficient (Wildman–Crippen LogP) is 3.39. The van der Waals surface area contributed by atoms with E-state index in [1.165, 1.54) is 12.8 Å². The monoisotopic (exact) mass is 126 g/mol. The van der Waals surface area contributed by atoms with E-state index in [0.29, 0.717) is 5.41 Å². The minimum atomic E-state index is 0.500. The summed E-state index contributed by atoms with van der Waals surface area (Å²) in [5.74, 6) is 0. The molecule has 0 heteroatoms. The summed E-state index contributed by atoms with van der Waals surface area (Å²) in [5, 5.41) is 0. The van der Waals surface area contributed by atoms with Gasteiger partial charge in [0.15, 0.2) is 0 Å². The van der Waals surface area contributed by atoms with E-state index >= 15 is 0 Å². The zero-order chi connectivity index (χ0) is 7.33. The molecule has 0 rings (SSSR count). The molecule has 0 saturated heterocycles. The lowest BCUT2D eigenvalue weighted by Crippen LogP contribution is -2.02. The minimum Gasteiger partial charge on any atom is -0.0917 e. The van der Waals surface area contributed by atoms with Crippen LogP contribution in [0.1, 0.15) is 40.5 Å². The van der Waals surface area contributed by atoms with Crippen LogP contribution in [0.4, 0.5) is 0 Å². The molecule has 0 aliphatic rings. The fraction of sp³-hybridized carbons (Fsp3) is 0.778. The summed E-state index contributed by atoms with van der Waals surface area (Å²) in [7, 11) is 0. The molecule has 54 valence electrons. The molecule has 0 amide bonds. The predicted molar refractivity (Wildman–Crippen MR) is 43.5 cm³/mol. The third kappa shape index (κ3) is 7.74. The van der Waals surface area contributed by atoms with Crippen LogP contribution in [-0.4, -0.2) is 0 Å². The standard InChI is InChI=1S/C9H18/c1-5-6-7-8-9(2,3)4/h5-6H,7-8H2,1-4H3/b6-5-. The van der Waals surface area contributed by atoms with Crippen molar-refractivity contribution in [2.24, 2.45) is 5.41 Å². The molecule has 0 N–H and O–H groups in total. The van der Waals surface area contributed by atoms with Gasteiger partial charge in [-0.1, -0.05) is 32.9 Å². The minimum absolute atomic E-state index is 0.500. The second kappa shape index (κ2) is 3.71. The molecule has 0 unspecified atom stereocenters. The molecular weight excluding hydrogens is 108 g/mol. The van der Waals surface area contributed by atoms with E-state index in [0.717, 1.165) is 0 Å². The van der Waals surface area contributed by atoms with Crippen molar-refractivity contribution >= 4 is 0 Å². The van der Waals surface area contributed by atoms with Gasteiger partial charge >= 0.3 is 0 Å². The Morgan fingerprint density at radius 2 is 1.78 bits per heavy atom. The highest BCUT2D eigenvalue weighted by Gasteiger charge is 2.06. The van der Waals surface area contributed by atoms with E-state index in [-0.39, 0.29) is 0 Å². The first kappa shape index (κ1) is 8.74. The van der Waals surface area contributed by atoms with Gasteiger partial charge in [0.2, 0.25) is 0 Å². The third-order valence-electron chi connectivity index (χ3n) is 1.30. The van der Waals surface area contributed by atoms with Crippen LogP contribution in [0.5, 0.6) is 0 Å². The number of allylic oxidation sites excluding steroid dienone is 2. The lowest BCUT2D eigenvalue weighted by atomic mass is 9.91. The van der Waals surface area contributed by atoms with Gasteiger partial charge in [-0.3, -0.25) is 0 Å². The molecule has 0 aliphatic carbocycles. The van der Waals surface area contributed by atoms with E-state index in [2.05, 4.69) is 39.8 Å². The fourth-order valence-electron chi connectivity index (χ4n) is 0.683. The van der Waals surface area contributed by atoms with E-state index in [9.17, 15) is 0 Å². The summed E-state index contributed by atoms with van der Waals surface area (Å²) in [6.45, 7) is 8.90. The Bertz CT molecular complexity index is 82.7. The van der Waals surface area contributed by atoms with Gasteiger partial charge in [0.1, 0.15) is 0 Å². The number of rotatable bonds is 2. The molecule has 0 aliphatic heterocycles. The molecular formula is C9H18. The summed E-state index contributed by atoms with van der Waals surface area (Å²) in [6, 6.07) is 0. The largest absolute Gasteiger partial charge is 0.0917 e. The summed E-state index contributed by atoms with van der Waals surface area (Å²) in [6.07, 6.45) is 6.86. The van der Waals surface area contributed by atoms with Crippen molar-refractivity contribution in [3.63, 3.8) is 0 Å². The SMILES string of the molecule is C/C=C\CCC(C)(C)C. The van der Waals surface area contributed by atoms with Crippen molar-refractivity contribution in [2.45, 2.75) is 40.5 Å². The maximum absolute atomic E-state index is 2.27. The molecule has 0 fully saturated rings. The highest BCUT2D eigenvalue weighted by Crippen LogP contribution is 2.20. The summed E-state index contributed by atoms with van der Waals surface area (Å²) >= 11 is 0. The van der Waals surface area contributed by atoms with Gasteiger partial charge in [0.25, 0.3) is 0 Å². The van der Waals surface area contributed by atoms with Crippen molar-refractivity contribution in [2.75, 3.05) is 0 Å². The van der Waals surface area contributed by atoms with Crippen LogP contribution < -0.4 is 0 Å². The summed E-state index contributed by atoms with van der Waals surface area (Å²) in [5.41, 5.74) is 0.500. The highest BCUT2D eigenvalue weighted by molar-refractivity contribution is 4.78. The summed E-state index contributed by atoms with van der Waals surface area (Å²) in [4.78, 5) is 0. The Kier molecular flexibility index (Phi) is 3.60. The second-order valence-electron chi connectivity index (χ2n) is 3.67. The van der Waals surface area contributed by atoms with Crippen molar-refractivity contribution in [1.29, 1.82) is 0 Å². The number of hydrogen-bond donors (Lipinski definition) is 0. The molecule has 0 aromatic carbocycles. The first-order valence-corrected chi connectivity index (χ1v) is 3.67. The zero-order valence-electron chi connectivity index (χ0n) is 7.07. The normalized spacial score (nSPS) is 12.9. The Hall–Kier alpha value is -0.260. The average Bonchev–Trinajstić information content (AvgIpc) is 1.63. The van der Waals surface area contributed by atoms with Gasteiger partial charge in [0.05, 0.1) is 0 Å². The van der Waals surface area contributed by atoms with E-state index < -0.39 is 0 Å². The highest BCUT2D eigenvalue weighted by atomic mass is 14.1. The molecule has 0 spiro atoms. The molecule has 0 bridgehead atoms. The Morgan fingerprint density at radius 3 is 2.11 bits per heavy atom. The van der Waals surface area contributed by atoms with Crippen LogP contribution in [0.3, 0.4) is 0 Å². The van der Waals surface area contributed by atoms with E-state index in [4.69, 9.17) is 0 Å². The van der Waals surface area contributed by atoms with Gasteiger partial charge in [-0.15, -0.1) is 0 Å². The fourth-order valence-corrected chi connectivity index (χ4v) is 0.683.